The van der Waals surface area contributed by atoms with Gasteiger partial charge in [0.1, 0.15) is 0 Å². The van der Waals surface area contributed by atoms with Crippen LogP contribution in [0.3, 0.4) is 0 Å². The van der Waals surface area contributed by atoms with Gasteiger partial charge in [-0.15, -0.1) is 11.3 Å². The summed E-state index contributed by atoms with van der Waals surface area (Å²) in [7, 11) is 0. The van der Waals surface area contributed by atoms with Gasteiger partial charge in [-0.1, -0.05) is 30.3 Å². The van der Waals surface area contributed by atoms with Crippen molar-refractivity contribution >= 4 is 17.1 Å². The largest absolute Gasteiger partial charge is 0.294 e. The number of aromatic nitrogens is 3. The standard InChI is InChI=1S/C17H15N3OS/c21-15-8-4-7-14-16(15)13(11-12-5-2-1-3-6-12)19-20(14)17-18-9-10-22-17/h1-3,5-6,9-10H,4,7-8,11H2. The van der Waals surface area contributed by atoms with Crippen LogP contribution >= 0.6 is 11.3 Å². The van der Waals surface area contributed by atoms with Crippen LogP contribution in [0, 0.1) is 0 Å². The van der Waals surface area contributed by atoms with Crippen molar-refractivity contribution in [2.75, 3.05) is 0 Å². The Bertz CT molecular complexity index is 806. The highest BCUT2D eigenvalue weighted by Crippen LogP contribution is 2.28. The number of carbonyl (C=O) groups excluding carboxylic acids is 1. The summed E-state index contributed by atoms with van der Waals surface area (Å²) in [5, 5.41) is 7.50. The van der Waals surface area contributed by atoms with Gasteiger partial charge in [-0.3, -0.25) is 4.79 Å². The molecule has 3 aromatic rings. The first-order chi connectivity index (χ1) is 10.8. The lowest BCUT2D eigenvalue weighted by molar-refractivity contribution is 0.0971. The predicted molar refractivity (Wildman–Crippen MR) is 85.8 cm³/mol. The van der Waals surface area contributed by atoms with Crippen LogP contribution in [-0.4, -0.2) is 20.5 Å². The molecule has 0 fully saturated rings. The molecule has 1 aliphatic carbocycles. The Morgan fingerprint density at radius 3 is 2.82 bits per heavy atom. The van der Waals surface area contributed by atoms with E-state index in [2.05, 4.69) is 17.1 Å². The van der Waals surface area contributed by atoms with E-state index in [0.717, 1.165) is 34.9 Å². The Hall–Kier alpha value is -2.27. The number of nitrogens with zero attached hydrogens (tertiary/aromatic N) is 3. The SMILES string of the molecule is O=C1CCCc2c1c(Cc1ccccc1)nn2-c1nccs1. The first kappa shape index (κ1) is 13.4. The summed E-state index contributed by atoms with van der Waals surface area (Å²) in [5.41, 5.74) is 3.90. The zero-order chi connectivity index (χ0) is 14.9. The first-order valence-electron chi connectivity index (χ1n) is 7.40. The number of thiazole rings is 1. The normalized spacial score (nSPS) is 14.1. The molecule has 1 aliphatic rings. The quantitative estimate of drug-likeness (QED) is 0.744. The van der Waals surface area contributed by atoms with Crippen molar-refractivity contribution in [1.29, 1.82) is 0 Å². The van der Waals surface area contributed by atoms with Crippen LogP contribution in [-0.2, 0) is 12.8 Å². The molecule has 4 rings (SSSR count). The third-order valence-corrected chi connectivity index (χ3v) is 4.71. The monoisotopic (exact) mass is 309 g/mol. The maximum absolute atomic E-state index is 12.4. The minimum Gasteiger partial charge on any atom is -0.294 e. The summed E-state index contributed by atoms with van der Waals surface area (Å²) in [5.74, 6) is 0.218. The van der Waals surface area contributed by atoms with Gasteiger partial charge in [0.25, 0.3) is 0 Å². The Morgan fingerprint density at radius 1 is 1.18 bits per heavy atom. The molecule has 4 nitrogen and oxygen atoms in total. The van der Waals surface area contributed by atoms with E-state index in [1.54, 1.807) is 17.5 Å². The van der Waals surface area contributed by atoms with E-state index in [9.17, 15) is 4.79 Å². The molecule has 0 spiro atoms. The molecule has 2 aromatic heterocycles. The molecule has 0 saturated carbocycles. The van der Waals surface area contributed by atoms with E-state index < -0.39 is 0 Å². The van der Waals surface area contributed by atoms with Crippen molar-refractivity contribution in [2.24, 2.45) is 0 Å². The smallest absolute Gasteiger partial charge is 0.210 e. The number of hydrogen-bond acceptors (Lipinski definition) is 4. The molecule has 1 aromatic carbocycles. The van der Waals surface area contributed by atoms with E-state index in [1.165, 1.54) is 5.56 Å². The average Bonchev–Trinajstić information content (AvgIpc) is 3.17. The number of Topliss-reactive ketones (excluding diaryl/α,β-unsaturated/α-hetero) is 1. The van der Waals surface area contributed by atoms with Gasteiger partial charge in [0.2, 0.25) is 5.13 Å². The molecule has 5 heteroatoms. The van der Waals surface area contributed by atoms with Crippen molar-refractivity contribution in [2.45, 2.75) is 25.7 Å². The van der Waals surface area contributed by atoms with Gasteiger partial charge in [-0.2, -0.15) is 5.10 Å². The van der Waals surface area contributed by atoms with E-state index in [0.29, 0.717) is 12.8 Å². The van der Waals surface area contributed by atoms with Crippen molar-refractivity contribution in [1.82, 2.24) is 14.8 Å². The van der Waals surface area contributed by atoms with Crippen LogP contribution < -0.4 is 0 Å². The molecular formula is C17H15N3OS. The highest BCUT2D eigenvalue weighted by Gasteiger charge is 2.28. The Morgan fingerprint density at radius 2 is 2.05 bits per heavy atom. The molecule has 0 radical (unpaired) electrons. The summed E-state index contributed by atoms with van der Waals surface area (Å²) in [4.78, 5) is 16.8. The summed E-state index contributed by atoms with van der Waals surface area (Å²) in [6, 6.07) is 10.2. The molecule has 0 saturated heterocycles. The highest BCUT2D eigenvalue weighted by molar-refractivity contribution is 7.12. The second kappa shape index (κ2) is 5.50. The average molecular weight is 309 g/mol. The fraction of sp³-hybridized carbons (Fsp3) is 0.235. The van der Waals surface area contributed by atoms with Crippen molar-refractivity contribution in [3.8, 4) is 5.13 Å². The third kappa shape index (κ3) is 2.27. The minimum atomic E-state index is 0.218. The molecule has 22 heavy (non-hydrogen) atoms. The van der Waals surface area contributed by atoms with E-state index in [4.69, 9.17) is 5.10 Å². The Kier molecular flexibility index (Phi) is 3.35. The molecule has 0 bridgehead atoms. The van der Waals surface area contributed by atoms with Crippen molar-refractivity contribution in [3.05, 3.63) is 64.4 Å². The van der Waals surface area contributed by atoms with Gasteiger partial charge in [-0.25, -0.2) is 9.67 Å². The molecule has 110 valence electrons. The molecule has 0 atom stereocenters. The fourth-order valence-corrected chi connectivity index (χ4v) is 3.61. The molecule has 0 aliphatic heterocycles. The summed E-state index contributed by atoms with van der Waals surface area (Å²) < 4.78 is 1.87. The number of rotatable bonds is 3. The summed E-state index contributed by atoms with van der Waals surface area (Å²) in [6.45, 7) is 0. The number of ketones is 1. The van der Waals surface area contributed by atoms with E-state index in [1.807, 2.05) is 28.3 Å². The molecule has 0 unspecified atom stereocenters. The van der Waals surface area contributed by atoms with Crippen molar-refractivity contribution < 1.29 is 4.79 Å². The molecule has 2 heterocycles. The van der Waals surface area contributed by atoms with Crippen LogP contribution in [0.25, 0.3) is 5.13 Å². The van der Waals surface area contributed by atoms with Gasteiger partial charge in [0.15, 0.2) is 5.78 Å². The number of fused-ring (bicyclic) bond motifs is 1. The first-order valence-corrected chi connectivity index (χ1v) is 8.28. The number of carbonyl (C=O) groups is 1. The van der Waals surface area contributed by atoms with Crippen LogP contribution in [0.15, 0.2) is 41.9 Å². The van der Waals surface area contributed by atoms with Gasteiger partial charge in [0.05, 0.1) is 17.0 Å². The Labute approximate surface area is 132 Å². The topological polar surface area (TPSA) is 47.8 Å². The number of hydrogen-bond donors (Lipinski definition) is 0. The van der Waals surface area contributed by atoms with Crippen LogP contribution in [0.2, 0.25) is 0 Å². The fourth-order valence-electron chi connectivity index (χ4n) is 2.99. The number of benzene rings is 1. The lowest BCUT2D eigenvalue weighted by atomic mass is 9.92. The lowest BCUT2D eigenvalue weighted by Gasteiger charge is -2.12. The maximum Gasteiger partial charge on any atom is 0.210 e. The van der Waals surface area contributed by atoms with Crippen LogP contribution in [0.1, 0.15) is 40.2 Å². The second-order valence-corrected chi connectivity index (χ2v) is 6.31. The molecular weight excluding hydrogens is 294 g/mol. The van der Waals surface area contributed by atoms with Crippen LogP contribution in [0.4, 0.5) is 0 Å². The molecule has 0 amide bonds. The van der Waals surface area contributed by atoms with Crippen LogP contribution in [0.5, 0.6) is 0 Å². The Balaban J connectivity index is 1.83. The highest BCUT2D eigenvalue weighted by atomic mass is 32.1. The maximum atomic E-state index is 12.4. The molecule has 0 N–H and O–H groups in total. The van der Waals surface area contributed by atoms with Gasteiger partial charge in [0, 0.05) is 24.4 Å². The van der Waals surface area contributed by atoms with Crippen molar-refractivity contribution in [3.63, 3.8) is 0 Å². The summed E-state index contributed by atoms with van der Waals surface area (Å²) >= 11 is 1.55. The second-order valence-electron chi connectivity index (χ2n) is 5.43. The van der Waals surface area contributed by atoms with Gasteiger partial charge >= 0.3 is 0 Å². The van der Waals surface area contributed by atoms with Gasteiger partial charge in [-0.05, 0) is 18.4 Å². The minimum absolute atomic E-state index is 0.218. The zero-order valence-electron chi connectivity index (χ0n) is 12.0. The van der Waals surface area contributed by atoms with E-state index in [-0.39, 0.29) is 5.78 Å². The third-order valence-electron chi connectivity index (χ3n) is 3.96. The summed E-state index contributed by atoms with van der Waals surface area (Å²) in [6.07, 6.45) is 4.87. The lowest BCUT2D eigenvalue weighted by Crippen LogP contribution is -2.13. The predicted octanol–water partition coefficient (Wildman–Crippen LogP) is 3.44. The zero-order valence-corrected chi connectivity index (χ0v) is 12.8. The van der Waals surface area contributed by atoms with Gasteiger partial charge < -0.3 is 0 Å². The van der Waals surface area contributed by atoms with E-state index >= 15 is 0 Å².